The van der Waals surface area contributed by atoms with Crippen LogP contribution in [0.25, 0.3) is 0 Å². The first-order chi connectivity index (χ1) is 45.6. The van der Waals surface area contributed by atoms with Gasteiger partial charge in [-0.2, -0.15) is 0 Å². The van der Waals surface area contributed by atoms with Crippen LogP contribution in [0, 0.1) is 23.7 Å². The maximum atomic E-state index is 13.1. The number of esters is 4. The van der Waals surface area contributed by atoms with E-state index in [1.807, 2.05) is 0 Å². The Bertz CT molecular complexity index is 1870. The summed E-state index contributed by atoms with van der Waals surface area (Å²) in [6.07, 6.45) is 49.8. The molecule has 564 valence electrons. The first-order valence-corrected chi connectivity index (χ1v) is 42.2. The van der Waals surface area contributed by atoms with Crippen molar-refractivity contribution < 1.29 is 80.2 Å². The van der Waals surface area contributed by atoms with Gasteiger partial charge in [-0.3, -0.25) is 37.3 Å². The molecule has 0 aromatic carbocycles. The number of unbranched alkanes of at least 4 members (excludes halogenated alkanes) is 38. The van der Waals surface area contributed by atoms with Gasteiger partial charge in [-0.1, -0.05) is 331 Å². The van der Waals surface area contributed by atoms with Crippen LogP contribution in [0.1, 0.15) is 383 Å². The van der Waals surface area contributed by atoms with Gasteiger partial charge in [0.05, 0.1) is 26.4 Å². The predicted molar refractivity (Wildman–Crippen MR) is 386 cm³/mol. The number of hydrogen-bond donors (Lipinski definition) is 3. The molecule has 4 unspecified atom stereocenters. The number of hydrogen-bond acceptors (Lipinski definition) is 15. The average Bonchev–Trinajstić information content (AvgIpc) is 1.83. The van der Waals surface area contributed by atoms with Crippen LogP contribution in [0.4, 0.5) is 0 Å². The molecule has 3 N–H and O–H groups in total. The van der Waals surface area contributed by atoms with Crippen LogP contribution in [0.2, 0.25) is 0 Å². The van der Waals surface area contributed by atoms with Crippen LogP contribution >= 0.6 is 15.6 Å². The SMILES string of the molecule is CCC(C)CCCCCCCCCCCCC(=O)OC[C@H](COP(=O)(O)OCC(O)COP(=O)(O)OC[C@@H](COC(=O)CCCCCCCCCCC(C)C)OC(=O)CCCCCCCCCCCCCC(C)C)OC(=O)CCCCCCCCCCCCCCCC(C)C. The number of phosphoric acid groups is 2. The maximum Gasteiger partial charge on any atom is 0.472 e. The summed E-state index contributed by atoms with van der Waals surface area (Å²) < 4.78 is 68.6. The van der Waals surface area contributed by atoms with Crippen molar-refractivity contribution in [1.82, 2.24) is 0 Å². The lowest BCUT2D eigenvalue weighted by atomic mass is 9.99. The van der Waals surface area contributed by atoms with E-state index >= 15 is 0 Å². The molecular weight excluding hydrogens is 1250 g/mol. The summed E-state index contributed by atoms with van der Waals surface area (Å²) in [5.74, 6) is 0.967. The van der Waals surface area contributed by atoms with E-state index in [2.05, 4.69) is 55.4 Å². The fourth-order valence-electron chi connectivity index (χ4n) is 11.5. The molecule has 0 fully saturated rings. The maximum absolute atomic E-state index is 13.1. The molecule has 0 aliphatic rings. The van der Waals surface area contributed by atoms with Gasteiger partial charge in [0.25, 0.3) is 0 Å². The molecule has 0 heterocycles. The third-order valence-corrected chi connectivity index (χ3v) is 19.8. The number of aliphatic hydroxyl groups excluding tert-OH is 1. The molecular formula is C76H148O17P2. The van der Waals surface area contributed by atoms with Crippen LogP contribution in [0.5, 0.6) is 0 Å². The van der Waals surface area contributed by atoms with Crippen LogP contribution in [0.15, 0.2) is 0 Å². The Balaban J connectivity index is 5.27. The molecule has 95 heavy (non-hydrogen) atoms. The van der Waals surface area contributed by atoms with Crippen LogP contribution in [-0.4, -0.2) is 96.7 Å². The van der Waals surface area contributed by atoms with E-state index in [4.69, 9.17) is 37.0 Å². The van der Waals surface area contributed by atoms with Gasteiger partial charge >= 0.3 is 39.5 Å². The lowest BCUT2D eigenvalue weighted by Gasteiger charge is -2.21. The molecule has 0 aromatic rings. The molecule has 0 saturated heterocycles. The van der Waals surface area contributed by atoms with Crippen molar-refractivity contribution in [2.24, 2.45) is 23.7 Å². The quantitative estimate of drug-likeness (QED) is 0.0222. The second-order valence-electron chi connectivity index (χ2n) is 29.1. The Hall–Kier alpha value is -1.94. The Morgan fingerprint density at radius 2 is 0.505 bits per heavy atom. The number of phosphoric ester groups is 2. The molecule has 0 aromatic heterocycles. The van der Waals surface area contributed by atoms with Crippen molar-refractivity contribution in [3.8, 4) is 0 Å². The lowest BCUT2D eigenvalue weighted by Crippen LogP contribution is -2.30. The first-order valence-electron chi connectivity index (χ1n) is 39.2. The second kappa shape index (κ2) is 65.4. The molecule has 0 rings (SSSR count). The van der Waals surface area contributed by atoms with E-state index < -0.39 is 97.5 Å². The van der Waals surface area contributed by atoms with Crippen molar-refractivity contribution in [3.63, 3.8) is 0 Å². The lowest BCUT2D eigenvalue weighted by molar-refractivity contribution is -0.161. The Morgan fingerprint density at radius 1 is 0.295 bits per heavy atom. The van der Waals surface area contributed by atoms with Crippen molar-refractivity contribution >= 4 is 39.5 Å². The highest BCUT2D eigenvalue weighted by atomic mass is 31.2. The molecule has 0 radical (unpaired) electrons. The molecule has 6 atom stereocenters. The predicted octanol–water partition coefficient (Wildman–Crippen LogP) is 22.0. The largest absolute Gasteiger partial charge is 0.472 e. The summed E-state index contributed by atoms with van der Waals surface area (Å²) in [5, 5.41) is 10.6. The normalized spacial score (nSPS) is 14.4. The topological polar surface area (TPSA) is 237 Å². The number of carbonyl (C=O) groups excluding carboxylic acids is 4. The fraction of sp³-hybridized carbons (Fsp3) is 0.947. The molecule has 0 amide bonds. The number of carbonyl (C=O) groups is 4. The third kappa shape index (κ3) is 69.0. The minimum absolute atomic E-state index is 0.105. The smallest absolute Gasteiger partial charge is 0.462 e. The number of aliphatic hydroxyl groups is 1. The van der Waals surface area contributed by atoms with E-state index in [1.54, 1.807) is 0 Å². The minimum Gasteiger partial charge on any atom is -0.462 e. The van der Waals surface area contributed by atoms with E-state index in [1.165, 1.54) is 186 Å². The summed E-state index contributed by atoms with van der Waals surface area (Å²) in [4.78, 5) is 72.8. The average molecular weight is 1400 g/mol. The fourth-order valence-corrected chi connectivity index (χ4v) is 13.1. The highest BCUT2D eigenvalue weighted by Crippen LogP contribution is 2.45. The highest BCUT2D eigenvalue weighted by molar-refractivity contribution is 7.47. The molecule has 17 nitrogen and oxygen atoms in total. The summed E-state index contributed by atoms with van der Waals surface area (Å²) in [6, 6.07) is 0. The van der Waals surface area contributed by atoms with Crippen LogP contribution < -0.4 is 0 Å². The standard InChI is InChI=1S/C76H148O17P2/c1-9-69(8)55-47-39-31-22-18-19-23-32-40-48-56-73(78)86-62-71(92-75(80)58-50-42-34-24-16-12-10-11-14-20-28-36-44-52-66(2)3)64-90-94(82,83)88-60-70(77)61-89-95(84,85)91-65-72(63-87-74(79)57-49-41-33-27-26-30-38-46-54-68(6)7)93-76(81)59-51-43-35-25-17-13-15-21-29-37-45-53-67(4)5/h66-72,77H,9-65H2,1-8H3,(H,82,83)(H,84,85)/t69?,70?,71-,72-/m1/s1. The Kier molecular flexibility index (Phi) is 64.0. The van der Waals surface area contributed by atoms with Gasteiger partial charge in [0.15, 0.2) is 12.2 Å². The van der Waals surface area contributed by atoms with Gasteiger partial charge in [0, 0.05) is 25.7 Å². The van der Waals surface area contributed by atoms with Crippen molar-refractivity contribution in [3.05, 3.63) is 0 Å². The van der Waals surface area contributed by atoms with Crippen molar-refractivity contribution in [1.29, 1.82) is 0 Å². The third-order valence-electron chi connectivity index (χ3n) is 17.9. The zero-order valence-corrected chi connectivity index (χ0v) is 64.1. The molecule has 0 spiro atoms. The van der Waals surface area contributed by atoms with Crippen LogP contribution in [0.3, 0.4) is 0 Å². The van der Waals surface area contributed by atoms with Gasteiger partial charge in [-0.15, -0.1) is 0 Å². The Morgan fingerprint density at radius 3 is 0.747 bits per heavy atom. The van der Waals surface area contributed by atoms with Gasteiger partial charge in [-0.05, 0) is 49.4 Å². The second-order valence-corrected chi connectivity index (χ2v) is 32.0. The monoisotopic (exact) mass is 1400 g/mol. The van der Waals surface area contributed by atoms with E-state index in [9.17, 15) is 43.2 Å². The summed E-state index contributed by atoms with van der Waals surface area (Å²) in [7, 11) is -9.91. The van der Waals surface area contributed by atoms with Gasteiger partial charge in [0.2, 0.25) is 0 Å². The van der Waals surface area contributed by atoms with Gasteiger partial charge < -0.3 is 33.8 Å². The highest BCUT2D eigenvalue weighted by Gasteiger charge is 2.30. The zero-order valence-electron chi connectivity index (χ0n) is 62.3. The zero-order chi connectivity index (χ0) is 70.3. The van der Waals surface area contributed by atoms with E-state index in [0.717, 1.165) is 114 Å². The Labute approximate surface area is 581 Å². The molecule has 0 aliphatic heterocycles. The van der Waals surface area contributed by atoms with E-state index in [-0.39, 0.29) is 25.7 Å². The van der Waals surface area contributed by atoms with Crippen molar-refractivity contribution in [2.75, 3.05) is 39.6 Å². The molecule has 0 bridgehead atoms. The summed E-state index contributed by atoms with van der Waals surface area (Å²) in [6.45, 7) is 14.2. The number of rotatable bonds is 73. The minimum atomic E-state index is -4.96. The first kappa shape index (κ1) is 93.1. The summed E-state index contributed by atoms with van der Waals surface area (Å²) in [5.41, 5.74) is 0. The number of ether oxygens (including phenoxy) is 4. The summed E-state index contributed by atoms with van der Waals surface area (Å²) >= 11 is 0. The van der Waals surface area contributed by atoms with Crippen LogP contribution in [-0.2, 0) is 65.4 Å². The van der Waals surface area contributed by atoms with Gasteiger partial charge in [0.1, 0.15) is 19.3 Å². The van der Waals surface area contributed by atoms with Gasteiger partial charge in [-0.25, -0.2) is 9.13 Å². The molecule has 0 saturated carbocycles. The molecule has 19 heteroatoms. The molecule has 0 aliphatic carbocycles. The van der Waals surface area contributed by atoms with Crippen molar-refractivity contribution in [2.45, 2.75) is 401 Å². The van der Waals surface area contributed by atoms with E-state index in [0.29, 0.717) is 25.7 Å².